The van der Waals surface area contributed by atoms with Crippen molar-refractivity contribution in [2.75, 3.05) is 11.9 Å². The highest BCUT2D eigenvalue weighted by atomic mass is 35.5. The molecular formula is C9H19Cl2N5S. The van der Waals surface area contributed by atoms with Crippen LogP contribution in [0, 0.1) is 12.3 Å². The second kappa shape index (κ2) is 9.47. The van der Waals surface area contributed by atoms with E-state index in [2.05, 4.69) is 10.3 Å². The first-order chi connectivity index (χ1) is 7.13. The lowest BCUT2D eigenvalue weighted by Gasteiger charge is -1.97. The highest BCUT2D eigenvalue weighted by Gasteiger charge is 2.07. The van der Waals surface area contributed by atoms with Gasteiger partial charge in [-0.15, -0.1) is 36.2 Å². The molecule has 0 aliphatic carbocycles. The van der Waals surface area contributed by atoms with Crippen molar-refractivity contribution >= 4 is 47.2 Å². The normalized spacial score (nSPS) is 9.06. The number of rotatable bonds is 5. The van der Waals surface area contributed by atoms with Crippen LogP contribution in [0.4, 0.5) is 5.13 Å². The van der Waals surface area contributed by atoms with E-state index in [-0.39, 0.29) is 30.8 Å². The zero-order valence-electron chi connectivity index (χ0n) is 9.66. The number of nitrogens with two attached hydrogens (primary N) is 2. The number of anilines is 1. The van der Waals surface area contributed by atoms with E-state index in [1.54, 1.807) is 0 Å². The van der Waals surface area contributed by atoms with Crippen LogP contribution in [0.1, 0.15) is 23.4 Å². The zero-order valence-corrected chi connectivity index (χ0v) is 12.1. The number of halogens is 2. The number of thiazole rings is 1. The summed E-state index contributed by atoms with van der Waals surface area (Å²) in [4.78, 5) is 5.54. The molecule has 17 heavy (non-hydrogen) atoms. The lowest BCUT2D eigenvalue weighted by Crippen LogP contribution is -2.20. The van der Waals surface area contributed by atoms with E-state index in [1.807, 2.05) is 6.92 Å². The average molecular weight is 300 g/mol. The Labute approximate surface area is 118 Å². The van der Waals surface area contributed by atoms with Gasteiger partial charge in [-0.05, 0) is 32.7 Å². The van der Waals surface area contributed by atoms with Gasteiger partial charge < -0.3 is 16.8 Å². The second-order valence-corrected chi connectivity index (χ2v) is 4.51. The molecule has 8 heteroatoms. The summed E-state index contributed by atoms with van der Waals surface area (Å²) in [5, 5.41) is 10.5. The van der Waals surface area contributed by atoms with Gasteiger partial charge in [-0.1, -0.05) is 0 Å². The van der Waals surface area contributed by atoms with Gasteiger partial charge in [0, 0.05) is 4.88 Å². The van der Waals surface area contributed by atoms with Gasteiger partial charge in [0.05, 0.1) is 5.69 Å². The highest BCUT2D eigenvalue weighted by Crippen LogP contribution is 2.22. The number of aromatic nitrogens is 1. The highest BCUT2D eigenvalue weighted by molar-refractivity contribution is 7.15. The summed E-state index contributed by atoms with van der Waals surface area (Å²) in [5.41, 5.74) is 11.7. The number of nitrogens with zero attached hydrogens (tertiary/aromatic N) is 1. The summed E-state index contributed by atoms with van der Waals surface area (Å²) in [6.07, 6.45) is 3.02. The predicted molar refractivity (Wildman–Crippen MR) is 78.9 cm³/mol. The lowest BCUT2D eigenvalue weighted by atomic mass is 10.2. The van der Waals surface area contributed by atoms with Gasteiger partial charge in [-0.3, -0.25) is 5.41 Å². The fourth-order valence-electron chi connectivity index (χ4n) is 1.27. The molecule has 0 fully saturated rings. The topological polar surface area (TPSA) is 101 Å². The maximum absolute atomic E-state index is 7.10. The molecule has 0 atom stereocenters. The van der Waals surface area contributed by atoms with Crippen LogP contribution in [0.15, 0.2) is 0 Å². The van der Waals surface area contributed by atoms with Crippen LogP contribution < -0.4 is 16.8 Å². The Morgan fingerprint density at radius 3 is 2.59 bits per heavy atom. The molecule has 100 valence electrons. The minimum atomic E-state index is -0.0720. The monoisotopic (exact) mass is 299 g/mol. The smallest absolute Gasteiger partial charge is 0.192 e. The van der Waals surface area contributed by atoms with Crippen LogP contribution in [0.25, 0.3) is 0 Å². The largest absolute Gasteiger partial charge is 0.370 e. The van der Waals surface area contributed by atoms with E-state index in [9.17, 15) is 0 Å². The van der Waals surface area contributed by atoms with Crippen molar-refractivity contribution in [3.8, 4) is 0 Å². The second-order valence-electron chi connectivity index (χ2n) is 3.31. The summed E-state index contributed by atoms with van der Waals surface area (Å²) in [6.45, 7) is 2.75. The van der Waals surface area contributed by atoms with Crippen LogP contribution in [0.3, 0.4) is 0 Å². The molecule has 0 aromatic carbocycles. The van der Waals surface area contributed by atoms with E-state index in [1.165, 1.54) is 16.2 Å². The van der Waals surface area contributed by atoms with E-state index < -0.39 is 0 Å². The van der Waals surface area contributed by atoms with Crippen molar-refractivity contribution in [1.29, 1.82) is 5.41 Å². The molecule has 0 amide bonds. The molecule has 6 N–H and O–H groups in total. The molecule has 1 heterocycles. The first-order valence-corrected chi connectivity index (χ1v) is 5.72. The Kier molecular flexibility index (Phi) is 10.5. The minimum Gasteiger partial charge on any atom is -0.370 e. The minimum absolute atomic E-state index is 0. The molecule has 0 radical (unpaired) electrons. The van der Waals surface area contributed by atoms with E-state index >= 15 is 0 Å². The molecule has 0 saturated heterocycles. The van der Waals surface area contributed by atoms with Crippen molar-refractivity contribution in [2.24, 2.45) is 11.5 Å². The Hall–Kier alpha value is -0.560. The maximum atomic E-state index is 7.10. The molecule has 0 saturated carbocycles. The lowest BCUT2D eigenvalue weighted by molar-refractivity contribution is 0.733. The molecule has 1 rings (SSSR count). The van der Waals surface area contributed by atoms with Crippen LogP contribution >= 0.6 is 36.2 Å². The van der Waals surface area contributed by atoms with Gasteiger partial charge in [0.2, 0.25) is 0 Å². The van der Waals surface area contributed by atoms with Crippen molar-refractivity contribution < 1.29 is 0 Å². The number of unbranched alkanes of at least 4 members (excludes halogenated alkanes) is 1. The Bertz CT molecular complexity index is 342. The fraction of sp³-hybridized carbons (Fsp3) is 0.556. The molecule has 0 spiro atoms. The molecule has 0 bridgehead atoms. The Morgan fingerprint density at radius 1 is 1.41 bits per heavy atom. The number of nitrogens with one attached hydrogen (secondary N) is 2. The third-order valence-electron chi connectivity index (χ3n) is 2.00. The van der Waals surface area contributed by atoms with Gasteiger partial charge in [0.25, 0.3) is 0 Å². The van der Waals surface area contributed by atoms with Crippen LogP contribution in [0.5, 0.6) is 0 Å². The predicted octanol–water partition coefficient (Wildman–Crippen LogP) is 1.88. The summed E-state index contributed by atoms with van der Waals surface area (Å²) in [5.74, 6) is -0.0720. The maximum Gasteiger partial charge on any atom is 0.192 e. The fourth-order valence-corrected chi connectivity index (χ4v) is 2.14. The molecule has 1 aromatic heterocycles. The molecule has 0 unspecified atom stereocenters. The summed E-state index contributed by atoms with van der Waals surface area (Å²) >= 11 is 1.53. The van der Waals surface area contributed by atoms with Crippen molar-refractivity contribution in [2.45, 2.75) is 26.2 Å². The average Bonchev–Trinajstić information content (AvgIpc) is 2.46. The standard InChI is InChI=1S/C9H17N5S.2ClH/c1-6-7(4-2-3-5-10)13-9(15-6)14-8(11)12;;/h2-5,10H2,1H3,(H4,11,12,13,14);2*1H. The van der Waals surface area contributed by atoms with Crippen molar-refractivity contribution in [3.05, 3.63) is 10.6 Å². The molecule has 0 aliphatic rings. The number of hydrogen-bond acceptors (Lipinski definition) is 4. The third kappa shape index (κ3) is 6.68. The Balaban J connectivity index is 0. The van der Waals surface area contributed by atoms with E-state index in [0.29, 0.717) is 5.13 Å². The SMILES string of the molecule is Cc1sc(NC(=N)N)nc1CCCCN.Cl.Cl. The van der Waals surface area contributed by atoms with E-state index in [0.717, 1.165) is 31.5 Å². The number of hydrogen-bond donors (Lipinski definition) is 4. The summed E-state index contributed by atoms with van der Waals surface area (Å²) in [7, 11) is 0. The van der Waals surface area contributed by atoms with Gasteiger partial charge in [-0.25, -0.2) is 4.98 Å². The van der Waals surface area contributed by atoms with Crippen molar-refractivity contribution in [3.63, 3.8) is 0 Å². The van der Waals surface area contributed by atoms with Gasteiger partial charge in [0.15, 0.2) is 11.1 Å². The number of guanidine groups is 1. The summed E-state index contributed by atoms with van der Waals surface area (Å²) < 4.78 is 0. The molecule has 1 aromatic rings. The third-order valence-corrected chi connectivity index (χ3v) is 2.93. The van der Waals surface area contributed by atoms with E-state index in [4.69, 9.17) is 16.9 Å². The number of aryl methyl sites for hydroxylation is 2. The molecule has 5 nitrogen and oxygen atoms in total. The van der Waals surface area contributed by atoms with Crippen LogP contribution in [-0.4, -0.2) is 17.5 Å². The zero-order chi connectivity index (χ0) is 11.3. The van der Waals surface area contributed by atoms with Gasteiger partial charge in [0.1, 0.15) is 0 Å². The quantitative estimate of drug-likeness (QED) is 0.379. The first-order valence-electron chi connectivity index (χ1n) is 4.91. The summed E-state index contributed by atoms with van der Waals surface area (Å²) in [6, 6.07) is 0. The molecular weight excluding hydrogens is 281 g/mol. The molecule has 0 aliphatic heterocycles. The van der Waals surface area contributed by atoms with Crippen LogP contribution in [-0.2, 0) is 6.42 Å². The Morgan fingerprint density at radius 2 is 2.06 bits per heavy atom. The van der Waals surface area contributed by atoms with Crippen LogP contribution in [0.2, 0.25) is 0 Å². The van der Waals surface area contributed by atoms with Gasteiger partial charge >= 0.3 is 0 Å². The van der Waals surface area contributed by atoms with Gasteiger partial charge in [-0.2, -0.15) is 0 Å². The first kappa shape index (κ1) is 18.8. The van der Waals surface area contributed by atoms with Crippen molar-refractivity contribution in [1.82, 2.24) is 4.98 Å².